The lowest BCUT2D eigenvalue weighted by Gasteiger charge is -2.09. The lowest BCUT2D eigenvalue weighted by Crippen LogP contribution is -1.97. The maximum atomic E-state index is 13.1. The van der Waals surface area contributed by atoms with Crippen LogP contribution in [0, 0.1) is 5.82 Å². The Hall–Kier alpha value is -0.770. The van der Waals surface area contributed by atoms with Crippen molar-refractivity contribution in [3.8, 4) is 5.75 Å². The summed E-state index contributed by atoms with van der Waals surface area (Å²) in [7, 11) is 0. The van der Waals surface area contributed by atoms with Gasteiger partial charge in [-0.05, 0) is 51.3 Å². The first-order valence-corrected chi connectivity index (χ1v) is 7.22. The van der Waals surface area contributed by atoms with Crippen LogP contribution in [0.1, 0.15) is 11.1 Å². The van der Waals surface area contributed by atoms with Gasteiger partial charge in [-0.15, -0.1) is 11.6 Å². The fourth-order valence-corrected chi connectivity index (χ4v) is 2.39. The van der Waals surface area contributed by atoms with Gasteiger partial charge in [-0.2, -0.15) is 0 Å². The molecule has 100 valence electrons. The molecule has 0 amide bonds. The SMILES string of the molecule is Fc1ccc(COc2ccc(CCl)cc2Cl)cc1Br. The van der Waals surface area contributed by atoms with Crippen LogP contribution in [0.4, 0.5) is 4.39 Å². The Kier molecular flexibility index (Phi) is 5.08. The van der Waals surface area contributed by atoms with E-state index in [0.29, 0.717) is 27.7 Å². The number of benzene rings is 2. The van der Waals surface area contributed by atoms with Gasteiger partial charge < -0.3 is 4.74 Å². The highest BCUT2D eigenvalue weighted by Gasteiger charge is 2.05. The zero-order valence-electron chi connectivity index (χ0n) is 9.80. The van der Waals surface area contributed by atoms with Crippen molar-refractivity contribution in [3.63, 3.8) is 0 Å². The molecule has 1 nitrogen and oxygen atoms in total. The molecule has 0 N–H and O–H groups in total. The smallest absolute Gasteiger partial charge is 0.138 e. The van der Waals surface area contributed by atoms with Crippen molar-refractivity contribution in [1.82, 2.24) is 0 Å². The Morgan fingerprint density at radius 3 is 2.47 bits per heavy atom. The molecule has 2 aromatic rings. The number of rotatable bonds is 4. The largest absolute Gasteiger partial charge is 0.487 e. The van der Waals surface area contributed by atoms with Crippen molar-refractivity contribution in [1.29, 1.82) is 0 Å². The summed E-state index contributed by atoms with van der Waals surface area (Å²) in [5.74, 6) is 0.689. The molecule has 2 aromatic carbocycles. The van der Waals surface area contributed by atoms with Crippen molar-refractivity contribution in [2.24, 2.45) is 0 Å². The molecule has 0 saturated heterocycles. The monoisotopic (exact) mass is 362 g/mol. The van der Waals surface area contributed by atoms with Gasteiger partial charge in [0.1, 0.15) is 18.2 Å². The first kappa shape index (κ1) is 14.6. The van der Waals surface area contributed by atoms with Crippen LogP contribution in [0.2, 0.25) is 5.02 Å². The highest BCUT2D eigenvalue weighted by atomic mass is 79.9. The predicted molar refractivity (Wildman–Crippen MR) is 79.4 cm³/mol. The van der Waals surface area contributed by atoms with Gasteiger partial charge in [-0.1, -0.05) is 23.7 Å². The van der Waals surface area contributed by atoms with Gasteiger partial charge in [-0.3, -0.25) is 0 Å². The second-order valence-corrected chi connectivity index (χ2v) is 5.46. The summed E-state index contributed by atoms with van der Waals surface area (Å²) in [5, 5.41) is 0.513. The van der Waals surface area contributed by atoms with Crippen molar-refractivity contribution in [2.45, 2.75) is 12.5 Å². The molecule has 19 heavy (non-hydrogen) atoms. The minimum absolute atomic E-state index is 0.298. The van der Waals surface area contributed by atoms with Crippen molar-refractivity contribution in [3.05, 3.63) is 62.8 Å². The fourth-order valence-electron chi connectivity index (χ4n) is 1.54. The van der Waals surface area contributed by atoms with Crippen LogP contribution >= 0.6 is 39.1 Å². The lowest BCUT2D eigenvalue weighted by molar-refractivity contribution is 0.306. The molecule has 0 aliphatic rings. The van der Waals surface area contributed by atoms with Crippen LogP contribution in [0.15, 0.2) is 40.9 Å². The molecule has 0 fully saturated rings. The van der Waals surface area contributed by atoms with E-state index < -0.39 is 0 Å². The molecule has 0 bridgehead atoms. The number of hydrogen-bond acceptors (Lipinski definition) is 1. The molecule has 0 aromatic heterocycles. The summed E-state index contributed by atoms with van der Waals surface area (Å²) in [4.78, 5) is 0. The molecule has 0 unspecified atom stereocenters. The Morgan fingerprint density at radius 2 is 1.84 bits per heavy atom. The normalized spacial score (nSPS) is 10.5. The summed E-state index contributed by atoms with van der Waals surface area (Å²) in [6.45, 7) is 0.318. The summed E-state index contributed by atoms with van der Waals surface area (Å²) in [6.07, 6.45) is 0. The third-order valence-electron chi connectivity index (χ3n) is 2.53. The Morgan fingerprint density at radius 1 is 1.11 bits per heavy atom. The third-order valence-corrected chi connectivity index (χ3v) is 3.74. The molecular formula is C14H10BrCl2FO. The minimum atomic E-state index is -0.298. The summed E-state index contributed by atoms with van der Waals surface area (Å²) in [6, 6.07) is 10.1. The minimum Gasteiger partial charge on any atom is -0.487 e. The third kappa shape index (κ3) is 3.85. The maximum absolute atomic E-state index is 13.1. The Bertz CT molecular complexity index is 590. The van der Waals surface area contributed by atoms with E-state index in [4.69, 9.17) is 27.9 Å². The van der Waals surface area contributed by atoms with Crippen LogP contribution in [-0.4, -0.2) is 0 Å². The van der Waals surface area contributed by atoms with Gasteiger partial charge in [-0.25, -0.2) is 4.39 Å². The molecule has 0 saturated carbocycles. The average molecular weight is 364 g/mol. The van der Waals surface area contributed by atoms with E-state index in [2.05, 4.69) is 15.9 Å². The standard InChI is InChI=1S/C14H10BrCl2FO/c15-11-5-10(1-3-13(11)18)8-19-14-4-2-9(7-16)6-12(14)17/h1-6H,7-8H2. The van der Waals surface area contributed by atoms with Crippen LogP contribution < -0.4 is 4.74 Å². The van der Waals surface area contributed by atoms with Gasteiger partial charge in [0.2, 0.25) is 0 Å². The number of hydrogen-bond donors (Lipinski definition) is 0. The molecule has 0 aliphatic carbocycles. The topological polar surface area (TPSA) is 9.23 Å². The van der Waals surface area contributed by atoms with Gasteiger partial charge >= 0.3 is 0 Å². The number of alkyl halides is 1. The zero-order valence-corrected chi connectivity index (χ0v) is 12.9. The Labute approximate surface area is 129 Å². The zero-order chi connectivity index (χ0) is 13.8. The average Bonchev–Trinajstić information content (AvgIpc) is 2.41. The van der Waals surface area contributed by atoms with Gasteiger partial charge in [0.15, 0.2) is 0 Å². The second-order valence-electron chi connectivity index (χ2n) is 3.94. The molecule has 0 spiro atoms. The van der Waals surface area contributed by atoms with Gasteiger partial charge in [0, 0.05) is 5.88 Å². The summed E-state index contributed by atoms with van der Waals surface area (Å²) in [5.41, 5.74) is 1.79. The first-order valence-electron chi connectivity index (χ1n) is 5.51. The molecule has 0 heterocycles. The van der Waals surface area contributed by atoms with E-state index in [0.717, 1.165) is 11.1 Å². The Balaban J connectivity index is 2.07. The van der Waals surface area contributed by atoms with Crippen molar-refractivity contribution in [2.75, 3.05) is 0 Å². The number of ether oxygens (including phenoxy) is 1. The van der Waals surface area contributed by atoms with Crippen molar-refractivity contribution < 1.29 is 9.13 Å². The fraction of sp³-hybridized carbons (Fsp3) is 0.143. The van der Waals surface area contributed by atoms with Crippen LogP contribution in [0.3, 0.4) is 0 Å². The molecule has 0 radical (unpaired) electrons. The summed E-state index contributed by atoms with van der Waals surface area (Å²) < 4.78 is 19.1. The van der Waals surface area contributed by atoms with E-state index >= 15 is 0 Å². The van der Waals surface area contributed by atoms with Gasteiger partial charge in [0.05, 0.1) is 9.50 Å². The highest BCUT2D eigenvalue weighted by Crippen LogP contribution is 2.27. The van der Waals surface area contributed by atoms with Gasteiger partial charge in [0.25, 0.3) is 0 Å². The molecule has 2 rings (SSSR count). The number of halogens is 4. The molecule has 0 atom stereocenters. The van der Waals surface area contributed by atoms with E-state index in [-0.39, 0.29) is 5.82 Å². The first-order chi connectivity index (χ1) is 9.10. The quantitative estimate of drug-likeness (QED) is 0.646. The van der Waals surface area contributed by atoms with Crippen LogP contribution in [0.25, 0.3) is 0 Å². The summed E-state index contributed by atoms with van der Waals surface area (Å²) >= 11 is 14.9. The second kappa shape index (κ2) is 6.60. The van der Waals surface area contributed by atoms with Crippen molar-refractivity contribution >= 4 is 39.1 Å². The van der Waals surface area contributed by atoms with E-state index in [9.17, 15) is 4.39 Å². The molecule has 5 heteroatoms. The maximum Gasteiger partial charge on any atom is 0.138 e. The predicted octanol–water partition coefficient (Wildman–Crippen LogP) is 5.56. The highest BCUT2D eigenvalue weighted by molar-refractivity contribution is 9.10. The lowest BCUT2D eigenvalue weighted by atomic mass is 10.2. The van der Waals surface area contributed by atoms with E-state index in [1.165, 1.54) is 6.07 Å². The van der Waals surface area contributed by atoms with Crippen LogP contribution in [-0.2, 0) is 12.5 Å². The van der Waals surface area contributed by atoms with E-state index in [1.54, 1.807) is 24.3 Å². The molecular weight excluding hydrogens is 354 g/mol. The van der Waals surface area contributed by atoms with Crippen LogP contribution in [0.5, 0.6) is 5.75 Å². The molecule has 0 aliphatic heterocycles. The van der Waals surface area contributed by atoms with E-state index in [1.807, 2.05) is 6.07 Å².